The zero-order valence-electron chi connectivity index (χ0n) is 14.9. The van der Waals surface area contributed by atoms with Gasteiger partial charge in [0.2, 0.25) is 5.91 Å². The number of carbonyl (C=O) groups is 2. The molecule has 2 amide bonds. The van der Waals surface area contributed by atoms with Gasteiger partial charge in [0.25, 0.3) is 5.91 Å². The molecule has 0 bridgehead atoms. The number of nitrogens with one attached hydrogen (secondary N) is 2. The predicted molar refractivity (Wildman–Crippen MR) is 100.0 cm³/mol. The van der Waals surface area contributed by atoms with Crippen molar-refractivity contribution in [3.63, 3.8) is 0 Å². The molecule has 0 aliphatic carbocycles. The van der Waals surface area contributed by atoms with Gasteiger partial charge in [0.05, 0.1) is 32.1 Å². The van der Waals surface area contributed by atoms with Crippen LogP contribution in [-0.4, -0.2) is 76.4 Å². The van der Waals surface area contributed by atoms with Gasteiger partial charge in [0.1, 0.15) is 5.75 Å². The van der Waals surface area contributed by atoms with E-state index in [-0.39, 0.29) is 37.4 Å². The molecule has 0 saturated carbocycles. The molecule has 146 valence electrons. The first-order chi connectivity index (χ1) is 12.2. The van der Waals surface area contributed by atoms with Gasteiger partial charge in [-0.05, 0) is 12.1 Å². The Kier molecular flexibility index (Phi) is 10.6. The van der Waals surface area contributed by atoms with E-state index in [1.165, 1.54) is 0 Å². The second kappa shape index (κ2) is 12.5. The fourth-order valence-electron chi connectivity index (χ4n) is 2.31. The Hall–Kier alpha value is -1.87. The molecule has 2 N–H and O–H groups in total. The van der Waals surface area contributed by atoms with E-state index in [1.54, 1.807) is 36.3 Å². The topological polar surface area (TPSA) is 89.1 Å². The highest BCUT2D eigenvalue weighted by Crippen LogP contribution is 2.23. The summed E-state index contributed by atoms with van der Waals surface area (Å²) in [5.74, 6) is 0.187. The van der Waals surface area contributed by atoms with Crippen molar-refractivity contribution in [2.24, 2.45) is 0 Å². The van der Waals surface area contributed by atoms with Gasteiger partial charge < -0.3 is 29.7 Å². The SMILES string of the molecule is COCCNCC(=O)Nc1ccccc1OCC(=O)N1CCOCC1.Cl. The molecule has 0 spiro atoms. The van der Waals surface area contributed by atoms with Crippen LogP contribution >= 0.6 is 12.4 Å². The highest BCUT2D eigenvalue weighted by molar-refractivity contribution is 5.93. The van der Waals surface area contributed by atoms with E-state index in [1.807, 2.05) is 0 Å². The van der Waals surface area contributed by atoms with E-state index in [0.717, 1.165) is 0 Å². The molecule has 1 aliphatic rings. The zero-order chi connectivity index (χ0) is 17.9. The Labute approximate surface area is 159 Å². The predicted octanol–water partition coefficient (Wildman–Crippen LogP) is 0.520. The summed E-state index contributed by atoms with van der Waals surface area (Å²) in [6.45, 7) is 3.49. The van der Waals surface area contributed by atoms with E-state index < -0.39 is 0 Å². The minimum absolute atomic E-state index is 0. The van der Waals surface area contributed by atoms with E-state index in [0.29, 0.717) is 50.9 Å². The average Bonchev–Trinajstić information content (AvgIpc) is 2.65. The molecule has 1 fully saturated rings. The summed E-state index contributed by atoms with van der Waals surface area (Å²) in [4.78, 5) is 25.8. The van der Waals surface area contributed by atoms with Gasteiger partial charge in [0, 0.05) is 26.7 Å². The highest BCUT2D eigenvalue weighted by atomic mass is 35.5. The van der Waals surface area contributed by atoms with Crippen molar-refractivity contribution in [3.8, 4) is 5.75 Å². The fraction of sp³-hybridized carbons (Fsp3) is 0.529. The molecule has 1 saturated heterocycles. The number of para-hydroxylation sites is 2. The number of nitrogens with zero attached hydrogens (tertiary/aromatic N) is 1. The number of rotatable bonds is 9. The fourth-order valence-corrected chi connectivity index (χ4v) is 2.31. The molecule has 1 aromatic carbocycles. The van der Waals surface area contributed by atoms with Crippen LogP contribution in [0.2, 0.25) is 0 Å². The number of ether oxygens (including phenoxy) is 3. The number of benzene rings is 1. The van der Waals surface area contributed by atoms with Crippen LogP contribution in [0.25, 0.3) is 0 Å². The third-order valence-electron chi connectivity index (χ3n) is 3.64. The van der Waals surface area contributed by atoms with Gasteiger partial charge >= 0.3 is 0 Å². The van der Waals surface area contributed by atoms with E-state index >= 15 is 0 Å². The van der Waals surface area contributed by atoms with E-state index in [4.69, 9.17) is 14.2 Å². The summed E-state index contributed by atoms with van der Waals surface area (Å²) >= 11 is 0. The Bertz CT molecular complexity index is 567. The molecule has 1 heterocycles. The number of carbonyl (C=O) groups excluding carboxylic acids is 2. The van der Waals surface area contributed by atoms with Crippen LogP contribution in [-0.2, 0) is 19.1 Å². The van der Waals surface area contributed by atoms with Crippen molar-refractivity contribution in [2.45, 2.75) is 0 Å². The van der Waals surface area contributed by atoms with Crippen LogP contribution in [0.3, 0.4) is 0 Å². The van der Waals surface area contributed by atoms with Crippen LogP contribution in [0.1, 0.15) is 0 Å². The van der Waals surface area contributed by atoms with Crippen LogP contribution in [0, 0.1) is 0 Å². The van der Waals surface area contributed by atoms with Gasteiger partial charge in [-0.1, -0.05) is 12.1 Å². The monoisotopic (exact) mass is 387 g/mol. The minimum Gasteiger partial charge on any atom is -0.482 e. The van der Waals surface area contributed by atoms with Crippen molar-refractivity contribution in [3.05, 3.63) is 24.3 Å². The molecular formula is C17H26ClN3O5. The summed E-state index contributed by atoms with van der Waals surface area (Å²) < 4.78 is 15.7. The Morgan fingerprint density at radius 3 is 2.69 bits per heavy atom. The summed E-state index contributed by atoms with van der Waals surface area (Å²) in [6.07, 6.45) is 0. The van der Waals surface area contributed by atoms with Crippen LogP contribution in [0.4, 0.5) is 5.69 Å². The lowest BCUT2D eigenvalue weighted by Crippen LogP contribution is -2.43. The quantitative estimate of drug-likeness (QED) is 0.600. The van der Waals surface area contributed by atoms with E-state index in [2.05, 4.69) is 10.6 Å². The number of halogens is 1. The standard InChI is InChI=1S/C17H25N3O5.ClH/c1-23-9-6-18-12-16(21)19-14-4-2-3-5-15(14)25-13-17(22)20-7-10-24-11-8-20;/h2-5,18H,6-13H2,1H3,(H,19,21);1H. The Morgan fingerprint density at radius 2 is 1.96 bits per heavy atom. The van der Waals surface area contributed by atoms with Crippen molar-refractivity contribution < 1.29 is 23.8 Å². The first kappa shape index (κ1) is 22.2. The summed E-state index contributed by atoms with van der Waals surface area (Å²) in [6, 6.07) is 7.05. The van der Waals surface area contributed by atoms with Crippen molar-refractivity contribution in [1.82, 2.24) is 10.2 Å². The normalized spacial score (nSPS) is 13.7. The van der Waals surface area contributed by atoms with Crippen LogP contribution in [0.15, 0.2) is 24.3 Å². The van der Waals surface area contributed by atoms with Gasteiger partial charge in [-0.25, -0.2) is 0 Å². The summed E-state index contributed by atoms with van der Waals surface area (Å²) in [5, 5.41) is 5.75. The maximum Gasteiger partial charge on any atom is 0.260 e. The van der Waals surface area contributed by atoms with E-state index in [9.17, 15) is 9.59 Å². The van der Waals surface area contributed by atoms with Crippen LogP contribution < -0.4 is 15.4 Å². The number of hydrogen-bond donors (Lipinski definition) is 2. The van der Waals surface area contributed by atoms with Gasteiger partial charge in [-0.3, -0.25) is 9.59 Å². The number of hydrogen-bond acceptors (Lipinski definition) is 6. The maximum absolute atomic E-state index is 12.1. The Balaban J connectivity index is 0.00000338. The summed E-state index contributed by atoms with van der Waals surface area (Å²) in [5.41, 5.74) is 0.538. The molecule has 0 atom stereocenters. The highest BCUT2D eigenvalue weighted by Gasteiger charge is 2.18. The van der Waals surface area contributed by atoms with Crippen LogP contribution in [0.5, 0.6) is 5.75 Å². The largest absolute Gasteiger partial charge is 0.482 e. The molecule has 0 aromatic heterocycles. The number of anilines is 1. The molecule has 8 nitrogen and oxygen atoms in total. The lowest BCUT2D eigenvalue weighted by molar-refractivity contribution is -0.137. The lowest BCUT2D eigenvalue weighted by atomic mass is 10.3. The first-order valence-corrected chi connectivity index (χ1v) is 8.27. The smallest absolute Gasteiger partial charge is 0.260 e. The van der Waals surface area contributed by atoms with Crippen molar-refractivity contribution in [2.75, 3.05) is 65.0 Å². The molecule has 26 heavy (non-hydrogen) atoms. The molecule has 0 radical (unpaired) electrons. The number of methoxy groups -OCH3 is 1. The third kappa shape index (κ3) is 7.57. The second-order valence-corrected chi connectivity index (χ2v) is 5.50. The molecular weight excluding hydrogens is 362 g/mol. The molecule has 2 rings (SSSR count). The molecule has 0 unspecified atom stereocenters. The zero-order valence-corrected chi connectivity index (χ0v) is 15.7. The molecule has 1 aliphatic heterocycles. The number of morpholine rings is 1. The maximum atomic E-state index is 12.1. The average molecular weight is 388 g/mol. The second-order valence-electron chi connectivity index (χ2n) is 5.50. The van der Waals surface area contributed by atoms with Gasteiger partial charge in [-0.2, -0.15) is 0 Å². The molecule has 1 aromatic rings. The van der Waals surface area contributed by atoms with Gasteiger partial charge in [-0.15, -0.1) is 12.4 Å². The third-order valence-corrected chi connectivity index (χ3v) is 3.64. The summed E-state index contributed by atoms with van der Waals surface area (Å²) in [7, 11) is 1.60. The van der Waals surface area contributed by atoms with Gasteiger partial charge in [0.15, 0.2) is 6.61 Å². The first-order valence-electron chi connectivity index (χ1n) is 8.27. The number of amides is 2. The van der Waals surface area contributed by atoms with Crippen molar-refractivity contribution >= 4 is 29.9 Å². The molecule has 9 heteroatoms. The van der Waals surface area contributed by atoms with Crippen molar-refractivity contribution in [1.29, 1.82) is 0 Å². The lowest BCUT2D eigenvalue weighted by Gasteiger charge is -2.26. The minimum atomic E-state index is -0.188. The Morgan fingerprint density at radius 1 is 1.23 bits per heavy atom.